The van der Waals surface area contributed by atoms with Gasteiger partial charge in [-0.2, -0.15) is 0 Å². The third kappa shape index (κ3) is 6.65. The Morgan fingerprint density at radius 3 is 2.07 bits per heavy atom. The van der Waals surface area contributed by atoms with E-state index >= 15 is 0 Å². The van der Waals surface area contributed by atoms with Gasteiger partial charge in [0.1, 0.15) is 30.4 Å². The van der Waals surface area contributed by atoms with E-state index in [1.54, 1.807) is 13.0 Å². The van der Waals surface area contributed by atoms with Crippen LogP contribution in [0.1, 0.15) is 27.7 Å². The van der Waals surface area contributed by atoms with Crippen molar-refractivity contribution in [3.05, 3.63) is 27.2 Å². The van der Waals surface area contributed by atoms with E-state index in [1.807, 2.05) is 0 Å². The zero-order chi connectivity index (χ0) is 22.6. The average Bonchev–Trinajstić information content (AvgIpc) is 2.62. The monoisotopic (exact) mass is 498 g/mol. The van der Waals surface area contributed by atoms with Crippen molar-refractivity contribution in [3.63, 3.8) is 0 Å². The van der Waals surface area contributed by atoms with Crippen LogP contribution in [0.15, 0.2) is 17.0 Å². The van der Waals surface area contributed by atoms with Crippen LogP contribution >= 0.6 is 46.6 Å². The fourth-order valence-electron chi connectivity index (χ4n) is 2.98. The van der Waals surface area contributed by atoms with Gasteiger partial charge in [-0.15, -0.1) is 0 Å². The second kappa shape index (κ2) is 10.9. The highest BCUT2D eigenvalue weighted by molar-refractivity contribution is 8.00. The summed E-state index contributed by atoms with van der Waals surface area (Å²) in [6.07, 6.45) is -2.36. The molecule has 5 atom stereocenters. The van der Waals surface area contributed by atoms with Gasteiger partial charge in [-0.25, -0.2) is 0 Å². The van der Waals surface area contributed by atoms with Crippen LogP contribution in [0.25, 0.3) is 0 Å². The third-order valence-electron chi connectivity index (χ3n) is 4.25. The molecule has 1 aliphatic rings. The first kappa shape index (κ1) is 25.1. The van der Waals surface area contributed by atoms with E-state index in [4.69, 9.17) is 53.8 Å². The van der Waals surface area contributed by atoms with Crippen molar-refractivity contribution in [1.29, 1.82) is 0 Å². The van der Waals surface area contributed by atoms with Gasteiger partial charge < -0.3 is 18.9 Å². The lowest BCUT2D eigenvalue weighted by atomic mass is 9.91. The lowest BCUT2D eigenvalue weighted by Crippen LogP contribution is -2.56. The number of carbonyl (C=O) groups is 3. The molecule has 30 heavy (non-hydrogen) atoms. The van der Waals surface area contributed by atoms with Gasteiger partial charge in [0.25, 0.3) is 0 Å². The number of hydrogen-bond acceptors (Lipinski definition) is 8. The van der Waals surface area contributed by atoms with Gasteiger partial charge in [-0.1, -0.05) is 53.5 Å². The highest BCUT2D eigenvalue weighted by atomic mass is 35.5. The minimum absolute atomic E-state index is 0.142. The minimum Gasteiger partial charge on any atom is -0.463 e. The summed E-state index contributed by atoms with van der Waals surface area (Å²) >= 11 is 19.5. The number of halogens is 3. The number of thioether (sulfide) groups is 1. The van der Waals surface area contributed by atoms with Crippen LogP contribution in [0.4, 0.5) is 0 Å². The molecule has 3 unspecified atom stereocenters. The maximum absolute atomic E-state index is 11.7. The molecule has 0 spiro atoms. The molecule has 0 aromatic heterocycles. The number of rotatable bonds is 6. The molecule has 1 aromatic carbocycles. The summed E-state index contributed by atoms with van der Waals surface area (Å²) in [6.45, 7) is 5.40. The Morgan fingerprint density at radius 1 is 0.933 bits per heavy atom. The summed E-state index contributed by atoms with van der Waals surface area (Å²) in [4.78, 5) is 35.2. The Hall–Kier alpha value is -1.19. The topological polar surface area (TPSA) is 88.1 Å². The zero-order valence-corrected chi connectivity index (χ0v) is 19.7. The molecule has 0 saturated carbocycles. The molecule has 0 amide bonds. The summed E-state index contributed by atoms with van der Waals surface area (Å²) in [6, 6.07) is 3.08. The molecule has 2 rings (SSSR count). The Bertz CT molecular complexity index is 818. The maximum atomic E-state index is 11.7. The largest absolute Gasteiger partial charge is 0.463 e. The highest BCUT2D eigenvalue weighted by Crippen LogP contribution is 2.42. The van der Waals surface area contributed by atoms with E-state index in [0.717, 1.165) is 0 Å². The van der Waals surface area contributed by atoms with Gasteiger partial charge in [-0.05, 0) is 12.1 Å². The number of ether oxygens (including phenoxy) is 4. The van der Waals surface area contributed by atoms with Gasteiger partial charge >= 0.3 is 17.9 Å². The van der Waals surface area contributed by atoms with Gasteiger partial charge in [0.15, 0.2) is 0 Å². The molecule has 7 nitrogen and oxygen atoms in total. The molecule has 1 saturated heterocycles. The molecule has 166 valence electrons. The van der Waals surface area contributed by atoms with E-state index < -0.39 is 47.6 Å². The Balaban J connectivity index is 2.36. The van der Waals surface area contributed by atoms with Crippen molar-refractivity contribution in [1.82, 2.24) is 0 Å². The van der Waals surface area contributed by atoms with Crippen LogP contribution in [0.5, 0.6) is 0 Å². The lowest BCUT2D eigenvalue weighted by Gasteiger charge is -2.43. The van der Waals surface area contributed by atoms with Crippen LogP contribution in [0.3, 0.4) is 0 Å². The summed E-state index contributed by atoms with van der Waals surface area (Å²) in [5, 5.41) is 0.930. The predicted molar refractivity (Wildman–Crippen MR) is 113 cm³/mol. The van der Waals surface area contributed by atoms with E-state index in [9.17, 15) is 14.4 Å². The fraction of sp³-hybridized carbons (Fsp3) is 0.526. The van der Waals surface area contributed by atoms with Crippen LogP contribution in [-0.4, -0.2) is 48.3 Å². The van der Waals surface area contributed by atoms with Gasteiger partial charge in [0.2, 0.25) is 0 Å². The van der Waals surface area contributed by atoms with E-state index in [-0.39, 0.29) is 6.61 Å². The van der Waals surface area contributed by atoms with Crippen LogP contribution in [0.2, 0.25) is 15.1 Å². The van der Waals surface area contributed by atoms with Crippen molar-refractivity contribution < 1.29 is 33.3 Å². The summed E-state index contributed by atoms with van der Waals surface area (Å²) in [7, 11) is 0. The standard InChI is InChI=1S/C19H21Cl3O7S/c1-8-17(27-10(3)24)15(7-26-9(2)23)29-19(18(8)28-11(4)25)30-16-6-13(21)12(20)5-14(16)22/h5-6,8,15,17-19H,7H2,1-4H3/t8?,15?,17-,18?,19-/m1/s1. The molecule has 11 heteroatoms. The molecule has 0 aliphatic carbocycles. The fourth-order valence-corrected chi connectivity index (χ4v) is 4.97. The molecule has 1 fully saturated rings. The van der Waals surface area contributed by atoms with Gasteiger partial charge in [0, 0.05) is 31.6 Å². The zero-order valence-electron chi connectivity index (χ0n) is 16.6. The summed E-state index contributed by atoms with van der Waals surface area (Å²) in [5.41, 5.74) is -0.744. The lowest BCUT2D eigenvalue weighted by molar-refractivity contribution is -0.212. The Morgan fingerprint density at radius 2 is 1.50 bits per heavy atom. The predicted octanol–water partition coefficient (Wildman–Crippen LogP) is 4.53. The van der Waals surface area contributed by atoms with Crippen LogP contribution in [0, 0.1) is 5.92 Å². The minimum atomic E-state index is -0.799. The molecular weight excluding hydrogens is 479 g/mol. The number of esters is 3. The highest BCUT2D eigenvalue weighted by Gasteiger charge is 2.48. The molecule has 0 N–H and O–H groups in total. The molecule has 0 bridgehead atoms. The smallest absolute Gasteiger partial charge is 0.303 e. The van der Waals surface area contributed by atoms with Gasteiger partial charge in [-0.3, -0.25) is 14.4 Å². The van der Waals surface area contributed by atoms with Crippen molar-refractivity contribution in [2.45, 2.75) is 56.3 Å². The first-order valence-corrected chi connectivity index (χ1v) is 11.0. The second-order valence-corrected chi connectivity index (χ2v) is 9.03. The molecular formula is C19H21Cl3O7S. The molecule has 1 heterocycles. The van der Waals surface area contributed by atoms with Crippen LogP contribution in [-0.2, 0) is 33.3 Å². The first-order chi connectivity index (χ1) is 14.0. The normalized spacial score (nSPS) is 26.0. The Labute approximate surface area is 193 Å². The molecule has 1 aliphatic heterocycles. The quantitative estimate of drug-likeness (QED) is 0.320. The van der Waals surface area contributed by atoms with Crippen molar-refractivity contribution in [3.8, 4) is 0 Å². The molecule has 0 radical (unpaired) electrons. The SMILES string of the molecule is CC(=O)OCC1O[C@H](Sc2cc(Cl)c(Cl)cc2Cl)C(OC(C)=O)C(C)[C@H]1OC(C)=O. The summed E-state index contributed by atoms with van der Waals surface area (Å²) < 4.78 is 22.0. The van der Waals surface area contributed by atoms with Crippen LogP contribution < -0.4 is 0 Å². The maximum Gasteiger partial charge on any atom is 0.303 e. The number of carbonyl (C=O) groups excluding carboxylic acids is 3. The summed E-state index contributed by atoms with van der Waals surface area (Å²) in [5.74, 6) is -2.04. The second-order valence-electron chi connectivity index (χ2n) is 6.67. The Kier molecular flexibility index (Phi) is 9.12. The van der Waals surface area contributed by atoms with Crippen molar-refractivity contribution in [2.24, 2.45) is 5.92 Å². The van der Waals surface area contributed by atoms with Crippen molar-refractivity contribution in [2.75, 3.05) is 6.61 Å². The van der Waals surface area contributed by atoms with E-state index in [0.29, 0.717) is 20.0 Å². The van der Waals surface area contributed by atoms with E-state index in [2.05, 4.69) is 0 Å². The first-order valence-electron chi connectivity index (χ1n) is 8.94. The van der Waals surface area contributed by atoms with Crippen molar-refractivity contribution >= 4 is 64.5 Å². The van der Waals surface area contributed by atoms with E-state index in [1.165, 1.54) is 38.6 Å². The van der Waals surface area contributed by atoms with Gasteiger partial charge in [0.05, 0.1) is 15.1 Å². The number of benzene rings is 1. The molecule has 1 aromatic rings. The third-order valence-corrected chi connectivity index (χ3v) is 6.60. The number of hydrogen-bond donors (Lipinski definition) is 0. The average molecular weight is 500 g/mol.